The van der Waals surface area contributed by atoms with E-state index in [1.54, 1.807) is 11.8 Å². The second-order valence-corrected chi connectivity index (χ2v) is 6.81. The average molecular weight is 270 g/mol. The van der Waals surface area contributed by atoms with Crippen LogP contribution in [0.2, 0.25) is 0 Å². The highest BCUT2D eigenvalue weighted by Gasteiger charge is 2.33. The van der Waals surface area contributed by atoms with Crippen LogP contribution in [0.1, 0.15) is 57.8 Å². The van der Waals surface area contributed by atoms with Gasteiger partial charge >= 0.3 is 5.97 Å². The van der Waals surface area contributed by atoms with E-state index in [1.807, 2.05) is 0 Å². The van der Waals surface area contributed by atoms with Crippen LogP contribution >= 0.6 is 11.8 Å². The van der Waals surface area contributed by atoms with Crippen LogP contribution in [-0.4, -0.2) is 24.1 Å². The van der Waals surface area contributed by atoms with E-state index < -0.39 is 0 Å². The van der Waals surface area contributed by atoms with Gasteiger partial charge in [0.05, 0.1) is 0 Å². The highest BCUT2D eigenvalue weighted by atomic mass is 32.2. The van der Waals surface area contributed by atoms with Crippen molar-refractivity contribution in [3.63, 3.8) is 0 Å². The van der Waals surface area contributed by atoms with Gasteiger partial charge in [-0.3, -0.25) is 4.79 Å². The van der Waals surface area contributed by atoms with Gasteiger partial charge in [-0.15, -0.1) is 0 Å². The Labute approximate surface area is 115 Å². The van der Waals surface area contributed by atoms with Gasteiger partial charge < -0.3 is 4.74 Å². The van der Waals surface area contributed by atoms with Crippen molar-refractivity contribution < 1.29 is 9.53 Å². The van der Waals surface area contributed by atoms with Crippen LogP contribution in [0.25, 0.3) is 0 Å². The zero-order valence-electron chi connectivity index (χ0n) is 11.5. The molecule has 0 aromatic carbocycles. The van der Waals surface area contributed by atoms with Gasteiger partial charge in [-0.2, -0.15) is 11.8 Å². The number of fused-ring (bicyclic) bond motifs is 1. The summed E-state index contributed by atoms with van der Waals surface area (Å²) in [6.45, 7) is 0. The first-order valence-corrected chi connectivity index (χ1v) is 8.87. The van der Waals surface area contributed by atoms with E-state index in [2.05, 4.69) is 6.26 Å². The SMILES string of the molecule is CSCCCC(=O)O[C@@H]1CC[C@H]2CCCC[C@@H]2C1. The molecule has 0 saturated heterocycles. The number of carbonyl (C=O) groups is 1. The molecular formula is C15H26O2S. The first-order chi connectivity index (χ1) is 8.79. The Morgan fingerprint density at radius 1 is 1.17 bits per heavy atom. The van der Waals surface area contributed by atoms with Crippen molar-refractivity contribution in [1.82, 2.24) is 0 Å². The van der Waals surface area contributed by atoms with Crippen LogP contribution < -0.4 is 0 Å². The lowest BCUT2D eigenvalue weighted by Crippen LogP contribution is -2.33. The fourth-order valence-electron chi connectivity index (χ4n) is 3.54. The third-order valence-electron chi connectivity index (χ3n) is 4.52. The third kappa shape index (κ3) is 4.18. The van der Waals surface area contributed by atoms with Crippen molar-refractivity contribution in [2.75, 3.05) is 12.0 Å². The van der Waals surface area contributed by atoms with Gasteiger partial charge in [-0.1, -0.05) is 25.7 Å². The van der Waals surface area contributed by atoms with Gasteiger partial charge in [0.25, 0.3) is 0 Å². The maximum Gasteiger partial charge on any atom is 0.306 e. The first-order valence-electron chi connectivity index (χ1n) is 7.48. The Balaban J connectivity index is 1.69. The molecule has 2 fully saturated rings. The van der Waals surface area contributed by atoms with Gasteiger partial charge in [0.1, 0.15) is 6.10 Å². The van der Waals surface area contributed by atoms with Crippen molar-refractivity contribution in [3.05, 3.63) is 0 Å². The standard InChI is InChI=1S/C15H26O2S/c1-18-10-4-7-15(16)17-14-9-8-12-5-2-3-6-13(12)11-14/h12-14H,2-11H2,1H3/t12-,13-,14-/m1/s1. The lowest BCUT2D eigenvalue weighted by Gasteiger charge is -2.38. The average Bonchev–Trinajstić information content (AvgIpc) is 2.39. The zero-order chi connectivity index (χ0) is 12.8. The molecule has 2 nitrogen and oxygen atoms in total. The molecule has 104 valence electrons. The molecule has 0 heterocycles. The number of hydrogen-bond donors (Lipinski definition) is 0. The molecule has 3 atom stereocenters. The molecule has 0 unspecified atom stereocenters. The maximum atomic E-state index is 11.7. The van der Waals surface area contributed by atoms with E-state index in [4.69, 9.17) is 4.74 Å². The molecule has 2 aliphatic carbocycles. The van der Waals surface area contributed by atoms with Gasteiger partial charge in [-0.05, 0) is 49.5 Å². The van der Waals surface area contributed by atoms with E-state index in [0.29, 0.717) is 6.42 Å². The number of thioether (sulfide) groups is 1. The van der Waals surface area contributed by atoms with Crippen LogP contribution in [0.3, 0.4) is 0 Å². The Morgan fingerprint density at radius 3 is 2.72 bits per heavy atom. The Bertz CT molecular complexity index is 267. The molecular weight excluding hydrogens is 244 g/mol. The predicted octanol–water partition coefficient (Wildman–Crippen LogP) is 4.03. The number of rotatable bonds is 5. The topological polar surface area (TPSA) is 26.3 Å². The number of ether oxygens (including phenoxy) is 1. The smallest absolute Gasteiger partial charge is 0.306 e. The van der Waals surface area contributed by atoms with Crippen molar-refractivity contribution in [3.8, 4) is 0 Å². The van der Waals surface area contributed by atoms with Crippen LogP contribution in [-0.2, 0) is 9.53 Å². The molecule has 18 heavy (non-hydrogen) atoms. The zero-order valence-corrected chi connectivity index (χ0v) is 12.3. The Kier molecular flexibility index (Phi) is 5.87. The number of carbonyl (C=O) groups excluding carboxylic acids is 1. The molecule has 0 aliphatic heterocycles. The van der Waals surface area contributed by atoms with Crippen molar-refractivity contribution in [2.24, 2.45) is 11.8 Å². The summed E-state index contributed by atoms with van der Waals surface area (Å²) in [6.07, 6.45) is 13.0. The van der Waals surface area contributed by atoms with Crippen LogP contribution in [0.15, 0.2) is 0 Å². The van der Waals surface area contributed by atoms with Crippen molar-refractivity contribution >= 4 is 17.7 Å². The normalized spacial score (nSPS) is 31.7. The minimum atomic E-state index is 0.0308. The van der Waals surface area contributed by atoms with Gasteiger partial charge in [-0.25, -0.2) is 0 Å². The molecule has 0 aromatic heterocycles. The summed E-state index contributed by atoms with van der Waals surface area (Å²) >= 11 is 1.80. The van der Waals surface area contributed by atoms with Crippen LogP contribution in [0.5, 0.6) is 0 Å². The molecule has 0 amide bonds. The summed E-state index contributed by atoms with van der Waals surface area (Å²) in [5.74, 6) is 2.87. The molecule has 0 bridgehead atoms. The summed E-state index contributed by atoms with van der Waals surface area (Å²) in [4.78, 5) is 11.7. The Hall–Kier alpha value is -0.180. The molecule has 0 aromatic rings. The summed E-state index contributed by atoms with van der Waals surface area (Å²) < 4.78 is 5.64. The third-order valence-corrected chi connectivity index (χ3v) is 5.22. The summed E-state index contributed by atoms with van der Waals surface area (Å²) in [5, 5.41) is 0. The maximum absolute atomic E-state index is 11.7. The highest BCUT2D eigenvalue weighted by molar-refractivity contribution is 7.98. The first kappa shape index (κ1) is 14.2. The van der Waals surface area contributed by atoms with E-state index in [0.717, 1.165) is 36.9 Å². The quantitative estimate of drug-likeness (QED) is 0.557. The van der Waals surface area contributed by atoms with Gasteiger partial charge in [0, 0.05) is 6.42 Å². The minimum absolute atomic E-state index is 0.0308. The summed E-state index contributed by atoms with van der Waals surface area (Å²) in [6, 6.07) is 0. The molecule has 2 saturated carbocycles. The fraction of sp³-hybridized carbons (Fsp3) is 0.933. The number of hydrogen-bond acceptors (Lipinski definition) is 3. The molecule has 2 rings (SSSR count). The van der Waals surface area contributed by atoms with Gasteiger partial charge in [0.2, 0.25) is 0 Å². The fourth-order valence-corrected chi connectivity index (χ4v) is 3.98. The lowest BCUT2D eigenvalue weighted by molar-refractivity contribution is -0.152. The van der Waals surface area contributed by atoms with Crippen molar-refractivity contribution in [2.45, 2.75) is 63.9 Å². The Morgan fingerprint density at radius 2 is 1.94 bits per heavy atom. The van der Waals surface area contributed by atoms with Crippen LogP contribution in [0.4, 0.5) is 0 Å². The summed E-state index contributed by atoms with van der Waals surface area (Å²) in [7, 11) is 0. The highest BCUT2D eigenvalue weighted by Crippen LogP contribution is 2.41. The number of esters is 1. The van der Waals surface area contributed by atoms with E-state index in [9.17, 15) is 4.79 Å². The monoisotopic (exact) mass is 270 g/mol. The predicted molar refractivity (Wildman–Crippen MR) is 76.8 cm³/mol. The summed E-state index contributed by atoms with van der Waals surface area (Å²) in [5.41, 5.74) is 0. The van der Waals surface area contributed by atoms with E-state index in [1.165, 1.54) is 32.1 Å². The molecule has 2 aliphatic rings. The minimum Gasteiger partial charge on any atom is -0.462 e. The largest absolute Gasteiger partial charge is 0.462 e. The van der Waals surface area contributed by atoms with Crippen molar-refractivity contribution in [1.29, 1.82) is 0 Å². The lowest BCUT2D eigenvalue weighted by atomic mass is 9.70. The van der Waals surface area contributed by atoms with Gasteiger partial charge in [0.15, 0.2) is 0 Å². The second kappa shape index (κ2) is 7.42. The second-order valence-electron chi connectivity index (χ2n) is 5.83. The van der Waals surface area contributed by atoms with E-state index >= 15 is 0 Å². The molecule has 0 spiro atoms. The molecule has 0 radical (unpaired) electrons. The molecule has 0 N–H and O–H groups in total. The van der Waals surface area contributed by atoms with E-state index in [-0.39, 0.29) is 12.1 Å². The van der Waals surface area contributed by atoms with Crippen LogP contribution in [0, 0.1) is 11.8 Å². The molecule has 3 heteroatoms.